The van der Waals surface area contributed by atoms with Crippen LogP contribution >= 0.6 is 0 Å². The fraction of sp³-hybridized carbons (Fsp3) is 0.917. The average molecular weight is 212 g/mol. The van der Waals surface area contributed by atoms with Crippen LogP contribution < -0.4 is 5.73 Å². The van der Waals surface area contributed by atoms with Crippen LogP contribution in [0.25, 0.3) is 0 Å². The Labute approximate surface area is 93.0 Å². The molecule has 0 aromatic heterocycles. The van der Waals surface area contributed by atoms with Crippen molar-refractivity contribution in [2.24, 2.45) is 5.73 Å². The Kier molecular flexibility index (Phi) is 5.69. The molecule has 0 aromatic rings. The van der Waals surface area contributed by atoms with Crippen molar-refractivity contribution in [2.75, 3.05) is 13.6 Å². The molecule has 0 aliphatic heterocycles. The lowest BCUT2D eigenvalue weighted by Crippen LogP contribution is -2.41. The van der Waals surface area contributed by atoms with Gasteiger partial charge < -0.3 is 10.6 Å². The van der Waals surface area contributed by atoms with Gasteiger partial charge in [-0.15, -0.1) is 0 Å². The van der Waals surface area contributed by atoms with E-state index in [0.717, 1.165) is 38.6 Å². The van der Waals surface area contributed by atoms with Crippen LogP contribution in [0.2, 0.25) is 0 Å². The Morgan fingerprint density at radius 3 is 2.47 bits per heavy atom. The van der Waals surface area contributed by atoms with E-state index in [1.54, 1.807) is 0 Å². The van der Waals surface area contributed by atoms with Crippen LogP contribution in [-0.4, -0.2) is 30.4 Å². The average Bonchev–Trinajstić information content (AvgIpc) is 2.14. The van der Waals surface area contributed by atoms with Gasteiger partial charge >= 0.3 is 0 Å². The molecule has 1 amide bonds. The van der Waals surface area contributed by atoms with E-state index >= 15 is 0 Å². The van der Waals surface area contributed by atoms with Crippen molar-refractivity contribution in [1.82, 2.24) is 4.90 Å². The highest BCUT2D eigenvalue weighted by Gasteiger charge is 2.24. The van der Waals surface area contributed by atoms with E-state index in [0.29, 0.717) is 11.9 Å². The van der Waals surface area contributed by atoms with Crippen LogP contribution in [0.5, 0.6) is 0 Å². The molecule has 15 heavy (non-hydrogen) atoms. The maximum absolute atomic E-state index is 11.7. The molecule has 1 fully saturated rings. The molecule has 0 saturated heterocycles. The first kappa shape index (κ1) is 12.5. The van der Waals surface area contributed by atoms with Gasteiger partial charge in [0.25, 0.3) is 0 Å². The summed E-state index contributed by atoms with van der Waals surface area (Å²) in [5.74, 6) is 0.326. The van der Waals surface area contributed by atoms with E-state index in [-0.39, 0.29) is 0 Å². The van der Waals surface area contributed by atoms with E-state index in [1.807, 2.05) is 11.9 Å². The van der Waals surface area contributed by atoms with Gasteiger partial charge in [0, 0.05) is 19.5 Å². The van der Waals surface area contributed by atoms with E-state index in [1.165, 1.54) is 19.3 Å². The minimum Gasteiger partial charge on any atom is -0.343 e. The lowest BCUT2D eigenvalue weighted by molar-refractivity contribution is -0.133. The summed E-state index contributed by atoms with van der Waals surface area (Å²) < 4.78 is 0. The highest BCUT2D eigenvalue weighted by atomic mass is 16.2. The Bertz CT molecular complexity index is 190. The molecular weight excluding hydrogens is 188 g/mol. The van der Waals surface area contributed by atoms with E-state index in [9.17, 15) is 4.79 Å². The van der Waals surface area contributed by atoms with Crippen molar-refractivity contribution in [3.8, 4) is 0 Å². The Morgan fingerprint density at radius 1 is 1.27 bits per heavy atom. The third-order valence-electron chi connectivity index (χ3n) is 3.36. The Morgan fingerprint density at radius 2 is 1.93 bits per heavy atom. The number of nitrogens with zero attached hydrogens (tertiary/aromatic N) is 1. The van der Waals surface area contributed by atoms with Crippen molar-refractivity contribution in [1.29, 1.82) is 0 Å². The molecule has 0 heterocycles. The number of amides is 1. The molecule has 1 aliphatic rings. The molecule has 0 bridgehead atoms. The number of hydrogen-bond acceptors (Lipinski definition) is 2. The number of carbonyl (C=O) groups excluding carboxylic acids is 1. The number of hydrogen-bond donors (Lipinski definition) is 1. The second kappa shape index (κ2) is 6.83. The van der Waals surface area contributed by atoms with Crippen molar-refractivity contribution >= 4 is 5.91 Å². The monoisotopic (exact) mass is 212 g/mol. The fourth-order valence-electron chi connectivity index (χ4n) is 1.93. The molecule has 3 heteroatoms. The largest absolute Gasteiger partial charge is 0.343 e. The highest BCUT2D eigenvalue weighted by Crippen LogP contribution is 2.24. The van der Waals surface area contributed by atoms with Crippen molar-refractivity contribution < 1.29 is 4.79 Å². The summed E-state index contributed by atoms with van der Waals surface area (Å²) in [6.07, 6.45) is 8.84. The molecule has 1 rings (SSSR count). The van der Waals surface area contributed by atoms with Gasteiger partial charge in [0.2, 0.25) is 5.91 Å². The molecule has 0 unspecified atom stereocenters. The fourth-order valence-corrected chi connectivity index (χ4v) is 1.93. The van der Waals surface area contributed by atoms with Gasteiger partial charge in [0.1, 0.15) is 0 Å². The van der Waals surface area contributed by atoms with Gasteiger partial charge in [0.05, 0.1) is 0 Å². The van der Waals surface area contributed by atoms with E-state index < -0.39 is 0 Å². The Balaban J connectivity index is 2.02. The van der Waals surface area contributed by atoms with E-state index in [2.05, 4.69) is 0 Å². The summed E-state index contributed by atoms with van der Waals surface area (Å²) in [5.41, 5.74) is 5.41. The van der Waals surface area contributed by atoms with Crippen LogP contribution in [0.15, 0.2) is 0 Å². The molecule has 3 nitrogen and oxygen atoms in total. The molecule has 0 spiro atoms. The van der Waals surface area contributed by atoms with Gasteiger partial charge in [-0.1, -0.05) is 12.8 Å². The quantitative estimate of drug-likeness (QED) is 0.655. The number of rotatable bonds is 7. The van der Waals surface area contributed by atoms with Crippen LogP contribution in [0, 0.1) is 0 Å². The molecule has 1 aliphatic carbocycles. The summed E-state index contributed by atoms with van der Waals surface area (Å²) in [5, 5.41) is 0. The van der Waals surface area contributed by atoms with Gasteiger partial charge in [-0.25, -0.2) is 0 Å². The molecular formula is C12H24N2O. The minimum atomic E-state index is 0.326. The zero-order valence-corrected chi connectivity index (χ0v) is 9.87. The summed E-state index contributed by atoms with van der Waals surface area (Å²) in [7, 11) is 1.95. The number of carbonyl (C=O) groups is 1. The van der Waals surface area contributed by atoms with Crippen LogP contribution in [-0.2, 0) is 4.79 Å². The van der Waals surface area contributed by atoms with Gasteiger partial charge in [-0.3, -0.25) is 4.79 Å². The van der Waals surface area contributed by atoms with Crippen molar-refractivity contribution in [2.45, 2.75) is 57.4 Å². The summed E-state index contributed by atoms with van der Waals surface area (Å²) >= 11 is 0. The molecule has 1 saturated carbocycles. The molecule has 2 N–H and O–H groups in total. The maximum Gasteiger partial charge on any atom is 0.222 e. The lowest BCUT2D eigenvalue weighted by Gasteiger charge is -2.34. The second-order valence-electron chi connectivity index (χ2n) is 4.54. The number of nitrogens with two attached hydrogens (primary N) is 1. The predicted molar refractivity (Wildman–Crippen MR) is 62.5 cm³/mol. The molecule has 88 valence electrons. The first-order valence-corrected chi connectivity index (χ1v) is 6.21. The topological polar surface area (TPSA) is 46.3 Å². The Hall–Kier alpha value is -0.570. The van der Waals surface area contributed by atoms with Gasteiger partial charge in [-0.05, 0) is 38.6 Å². The summed E-state index contributed by atoms with van der Waals surface area (Å²) in [6, 6.07) is 0.543. The van der Waals surface area contributed by atoms with Crippen molar-refractivity contribution in [3.63, 3.8) is 0 Å². The van der Waals surface area contributed by atoms with Crippen molar-refractivity contribution in [3.05, 3.63) is 0 Å². The van der Waals surface area contributed by atoms with Crippen LogP contribution in [0.3, 0.4) is 0 Å². The normalized spacial score (nSPS) is 16.1. The third kappa shape index (κ3) is 4.20. The van der Waals surface area contributed by atoms with Crippen LogP contribution in [0.1, 0.15) is 51.4 Å². The zero-order chi connectivity index (χ0) is 11.1. The van der Waals surface area contributed by atoms with E-state index in [4.69, 9.17) is 5.73 Å². The van der Waals surface area contributed by atoms with Crippen LogP contribution in [0.4, 0.5) is 0 Å². The first-order chi connectivity index (χ1) is 7.25. The smallest absolute Gasteiger partial charge is 0.222 e. The molecule has 0 atom stereocenters. The third-order valence-corrected chi connectivity index (χ3v) is 3.36. The summed E-state index contributed by atoms with van der Waals surface area (Å²) in [6.45, 7) is 0.774. The lowest BCUT2D eigenvalue weighted by atomic mass is 9.91. The predicted octanol–water partition coefficient (Wildman–Crippen LogP) is 1.91. The van der Waals surface area contributed by atoms with Gasteiger partial charge in [-0.2, -0.15) is 0 Å². The summed E-state index contributed by atoms with van der Waals surface area (Å²) in [4.78, 5) is 13.7. The standard InChI is InChI=1S/C12H24N2O/c1-14(11-7-6-8-11)12(15)9-4-2-3-5-10-13/h11H,2-10,13H2,1H3. The highest BCUT2D eigenvalue weighted by molar-refractivity contribution is 5.76. The SMILES string of the molecule is CN(C(=O)CCCCCCN)C1CCC1. The minimum absolute atomic E-state index is 0.326. The number of unbranched alkanes of at least 4 members (excludes halogenated alkanes) is 3. The zero-order valence-electron chi connectivity index (χ0n) is 9.87. The van der Waals surface area contributed by atoms with Gasteiger partial charge in [0.15, 0.2) is 0 Å². The molecule has 0 aromatic carbocycles. The first-order valence-electron chi connectivity index (χ1n) is 6.21. The second-order valence-corrected chi connectivity index (χ2v) is 4.54. The molecule has 0 radical (unpaired) electrons. The maximum atomic E-state index is 11.7.